The van der Waals surface area contributed by atoms with Crippen molar-refractivity contribution in [3.8, 4) is 5.75 Å². The first-order valence-electron chi connectivity index (χ1n) is 5.80. The van der Waals surface area contributed by atoms with Gasteiger partial charge in [0.1, 0.15) is 11.3 Å². The van der Waals surface area contributed by atoms with Gasteiger partial charge in [0.15, 0.2) is 0 Å². The molecule has 2 N–H and O–H groups in total. The molecule has 19 heavy (non-hydrogen) atoms. The van der Waals surface area contributed by atoms with Gasteiger partial charge >= 0.3 is 12.0 Å². The van der Waals surface area contributed by atoms with E-state index in [0.29, 0.717) is 12.2 Å². The lowest BCUT2D eigenvalue weighted by Gasteiger charge is -2.20. The fourth-order valence-corrected chi connectivity index (χ4v) is 2.00. The number of rotatable bonds is 3. The summed E-state index contributed by atoms with van der Waals surface area (Å²) in [6.45, 7) is 2.96. The summed E-state index contributed by atoms with van der Waals surface area (Å²) in [5, 5.41) is 4.78. The molecule has 0 aliphatic carbocycles. The quantitative estimate of drug-likeness (QED) is 0.478. The van der Waals surface area contributed by atoms with Crippen LogP contribution < -0.4 is 15.4 Å². The molecular formula is C13H14N2O4. The first-order valence-corrected chi connectivity index (χ1v) is 5.80. The van der Waals surface area contributed by atoms with Crippen LogP contribution in [0.1, 0.15) is 19.4 Å². The van der Waals surface area contributed by atoms with Crippen LogP contribution in [0.3, 0.4) is 0 Å². The topological polar surface area (TPSA) is 84.5 Å². The number of carbonyl (C=O) groups is 3. The van der Waals surface area contributed by atoms with Crippen LogP contribution in [0.25, 0.3) is 0 Å². The zero-order valence-corrected chi connectivity index (χ0v) is 10.6. The Labute approximate surface area is 110 Å². The van der Waals surface area contributed by atoms with E-state index in [1.165, 1.54) is 6.92 Å². The SMILES string of the molecule is CC(=O)Oc1cccc(CC2(C)NC(=O)NC2=O)c1. The molecule has 100 valence electrons. The molecule has 1 aromatic rings. The zero-order valence-electron chi connectivity index (χ0n) is 10.6. The van der Waals surface area contributed by atoms with E-state index in [1.807, 2.05) is 0 Å². The zero-order chi connectivity index (χ0) is 14.0. The number of urea groups is 1. The molecule has 0 bridgehead atoms. The maximum Gasteiger partial charge on any atom is 0.322 e. The number of nitrogens with one attached hydrogen (secondary N) is 2. The first kappa shape index (κ1) is 13.1. The van der Waals surface area contributed by atoms with Gasteiger partial charge in [-0.15, -0.1) is 0 Å². The van der Waals surface area contributed by atoms with E-state index in [2.05, 4.69) is 10.6 Å². The minimum atomic E-state index is -0.980. The lowest BCUT2D eigenvalue weighted by Crippen LogP contribution is -2.45. The van der Waals surface area contributed by atoms with Crippen LogP contribution in [0.15, 0.2) is 24.3 Å². The standard InChI is InChI=1S/C13H14N2O4/c1-8(16)19-10-5-3-4-9(6-10)7-13(2)11(17)14-12(18)15-13/h3-6H,7H2,1-2H3,(H2,14,15,17,18). The van der Waals surface area contributed by atoms with Crippen LogP contribution in [0.4, 0.5) is 4.79 Å². The minimum Gasteiger partial charge on any atom is -0.427 e. The summed E-state index contributed by atoms with van der Waals surface area (Å²) in [6.07, 6.45) is 0.319. The average Bonchev–Trinajstić information content (AvgIpc) is 2.51. The van der Waals surface area contributed by atoms with Gasteiger partial charge in [-0.2, -0.15) is 0 Å². The van der Waals surface area contributed by atoms with E-state index in [-0.39, 0.29) is 5.91 Å². The minimum absolute atomic E-state index is 0.319. The monoisotopic (exact) mass is 262 g/mol. The number of hydrogen-bond donors (Lipinski definition) is 2. The Morgan fingerprint density at radius 2 is 2.11 bits per heavy atom. The second-order valence-corrected chi connectivity index (χ2v) is 4.66. The Kier molecular flexibility index (Phi) is 3.25. The molecule has 0 saturated carbocycles. The maximum atomic E-state index is 11.7. The van der Waals surface area contributed by atoms with Gasteiger partial charge in [-0.3, -0.25) is 14.9 Å². The van der Waals surface area contributed by atoms with E-state index in [1.54, 1.807) is 31.2 Å². The largest absolute Gasteiger partial charge is 0.427 e. The predicted molar refractivity (Wildman–Crippen MR) is 66.5 cm³/mol. The Morgan fingerprint density at radius 3 is 2.68 bits per heavy atom. The highest BCUT2D eigenvalue weighted by molar-refractivity contribution is 6.06. The molecule has 1 saturated heterocycles. The van der Waals surface area contributed by atoms with E-state index < -0.39 is 17.5 Å². The van der Waals surface area contributed by atoms with Crippen molar-refractivity contribution in [3.05, 3.63) is 29.8 Å². The highest BCUT2D eigenvalue weighted by Crippen LogP contribution is 2.20. The number of amides is 3. The molecule has 1 atom stereocenters. The van der Waals surface area contributed by atoms with Crippen molar-refractivity contribution >= 4 is 17.9 Å². The Hall–Kier alpha value is -2.37. The smallest absolute Gasteiger partial charge is 0.322 e. The van der Waals surface area contributed by atoms with Crippen molar-refractivity contribution in [2.75, 3.05) is 0 Å². The van der Waals surface area contributed by atoms with Gasteiger partial charge in [-0.05, 0) is 24.6 Å². The molecule has 0 aromatic heterocycles. The molecule has 1 heterocycles. The Morgan fingerprint density at radius 1 is 1.37 bits per heavy atom. The normalized spacial score (nSPS) is 21.8. The second kappa shape index (κ2) is 4.72. The summed E-state index contributed by atoms with van der Waals surface area (Å²) in [5.41, 5.74) is -0.190. The molecule has 1 aromatic carbocycles. The fourth-order valence-electron chi connectivity index (χ4n) is 2.00. The predicted octanol–water partition coefficient (Wildman–Crippen LogP) is 0.752. The Balaban J connectivity index is 2.17. The van der Waals surface area contributed by atoms with Crippen LogP contribution in [-0.4, -0.2) is 23.4 Å². The van der Waals surface area contributed by atoms with Crippen molar-refractivity contribution < 1.29 is 19.1 Å². The summed E-state index contributed by atoms with van der Waals surface area (Å²) >= 11 is 0. The lowest BCUT2D eigenvalue weighted by molar-refractivity contribution is -0.132. The lowest BCUT2D eigenvalue weighted by atomic mass is 9.93. The molecule has 2 rings (SSSR count). The van der Waals surface area contributed by atoms with E-state index in [4.69, 9.17) is 4.74 Å². The number of esters is 1. The molecule has 0 radical (unpaired) electrons. The number of ether oxygens (including phenoxy) is 1. The third-order valence-corrected chi connectivity index (χ3v) is 2.84. The molecule has 1 aliphatic heterocycles. The van der Waals surface area contributed by atoms with Crippen LogP contribution in [-0.2, 0) is 16.0 Å². The van der Waals surface area contributed by atoms with E-state index >= 15 is 0 Å². The molecule has 6 nitrogen and oxygen atoms in total. The van der Waals surface area contributed by atoms with Crippen LogP contribution in [0, 0.1) is 0 Å². The molecule has 1 fully saturated rings. The van der Waals surface area contributed by atoms with Crippen molar-refractivity contribution in [2.24, 2.45) is 0 Å². The molecule has 6 heteroatoms. The maximum absolute atomic E-state index is 11.7. The van der Waals surface area contributed by atoms with Crippen molar-refractivity contribution in [3.63, 3.8) is 0 Å². The third kappa shape index (κ3) is 2.90. The van der Waals surface area contributed by atoms with Crippen LogP contribution in [0.5, 0.6) is 5.75 Å². The average molecular weight is 262 g/mol. The molecule has 0 spiro atoms. The van der Waals surface area contributed by atoms with Gasteiger partial charge in [-0.25, -0.2) is 4.79 Å². The summed E-state index contributed by atoms with van der Waals surface area (Å²) in [5.74, 6) is -0.357. The van der Waals surface area contributed by atoms with E-state index in [9.17, 15) is 14.4 Å². The molecule has 3 amide bonds. The summed E-state index contributed by atoms with van der Waals surface area (Å²) < 4.78 is 4.97. The first-order chi connectivity index (χ1) is 8.89. The molecule has 1 unspecified atom stereocenters. The summed E-state index contributed by atoms with van der Waals surface area (Å²) in [7, 11) is 0. The third-order valence-electron chi connectivity index (χ3n) is 2.84. The fraction of sp³-hybridized carbons (Fsp3) is 0.308. The number of hydrogen-bond acceptors (Lipinski definition) is 4. The summed E-state index contributed by atoms with van der Waals surface area (Å²) in [6, 6.07) is 6.36. The van der Waals surface area contributed by atoms with Crippen molar-refractivity contribution in [1.82, 2.24) is 10.6 Å². The second-order valence-electron chi connectivity index (χ2n) is 4.66. The van der Waals surface area contributed by atoms with Gasteiger partial charge in [0.05, 0.1) is 0 Å². The molecule has 1 aliphatic rings. The van der Waals surface area contributed by atoms with Gasteiger partial charge in [0.25, 0.3) is 5.91 Å². The Bertz CT molecular complexity index is 555. The highest BCUT2D eigenvalue weighted by Gasteiger charge is 2.41. The van der Waals surface area contributed by atoms with Crippen molar-refractivity contribution in [2.45, 2.75) is 25.8 Å². The highest BCUT2D eigenvalue weighted by atomic mass is 16.5. The van der Waals surface area contributed by atoms with Gasteiger partial charge in [0.2, 0.25) is 0 Å². The van der Waals surface area contributed by atoms with E-state index in [0.717, 1.165) is 5.56 Å². The number of benzene rings is 1. The van der Waals surface area contributed by atoms with Gasteiger partial charge in [0, 0.05) is 13.3 Å². The van der Waals surface area contributed by atoms with Crippen LogP contribution >= 0.6 is 0 Å². The van der Waals surface area contributed by atoms with Crippen LogP contribution in [0.2, 0.25) is 0 Å². The number of imide groups is 1. The van der Waals surface area contributed by atoms with Crippen molar-refractivity contribution in [1.29, 1.82) is 0 Å². The van der Waals surface area contributed by atoms with Gasteiger partial charge < -0.3 is 10.1 Å². The number of carbonyl (C=O) groups excluding carboxylic acids is 3. The van der Waals surface area contributed by atoms with Gasteiger partial charge in [-0.1, -0.05) is 12.1 Å². The summed E-state index contributed by atoms with van der Waals surface area (Å²) in [4.78, 5) is 33.7. The molecular weight excluding hydrogens is 248 g/mol.